The summed E-state index contributed by atoms with van der Waals surface area (Å²) in [5.41, 5.74) is 0.773. The molecule has 1 aliphatic rings. The number of pyridine rings is 1. The highest BCUT2D eigenvalue weighted by Crippen LogP contribution is 2.31. The second kappa shape index (κ2) is 6.81. The van der Waals surface area contributed by atoms with Crippen molar-refractivity contribution in [3.8, 4) is 0 Å². The zero-order chi connectivity index (χ0) is 13.8. The number of alkyl halides is 1. The molecule has 0 unspecified atom stereocenters. The van der Waals surface area contributed by atoms with Gasteiger partial charge in [-0.1, -0.05) is 24.9 Å². The van der Waals surface area contributed by atoms with Crippen LogP contribution in [0.3, 0.4) is 0 Å². The molecule has 2 nitrogen and oxygen atoms in total. The first-order chi connectivity index (χ1) is 9.15. The number of nitrogens with zero attached hydrogens (tertiary/aromatic N) is 2. The Morgan fingerprint density at radius 3 is 2.53 bits per heavy atom. The molecule has 0 radical (unpaired) electrons. The van der Waals surface area contributed by atoms with Gasteiger partial charge >= 0.3 is 0 Å². The van der Waals surface area contributed by atoms with Gasteiger partial charge in [-0.05, 0) is 43.7 Å². The van der Waals surface area contributed by atoms with Crippen LogP contribution in [0.5, 0.6) is 0 Å². The second-order valence-corrected chi connectivity index (χ2v) is 6.10. The minimum atomic E-state index is 0.364. The van der Waals surface area contributed by atoms with E-state index in [0.717, 1.165) is 17.4 Å². The molecule has 0 amide bonds. The van der Waals surface area contributed by atoms with E-state index in [2.05, 4.69) is 23.9 Å². The second-order valence-electron chi connectivity index (χ2n) is 5.43. The van der Waals surface area contributed by atoms with Gasteiger partial charge in [-0.25, -0.2) is 4.98 Å². The van der Waals surface area contributed by atoms with Gasteiger partial charge in [0.25, 0.3) is 0 Å². The Hall–Kier alpha value is -0.470. The van der Waals surface area contributed by atoms with E-state index in [-0.39, 0.29) is 0 Å². The summed E-state index contributed by atoms with van der Waals surface area (Å²) in [5.74, 6) is 2.27. The summed E-state index contributed by atoms with van der Waals surface area (Å²) in [4.78, 5) is 6.86. The SMILES string of the molecule is CCC1CCC(N(C)c2ccc(Cl)c(CCl)n2)CC1. The van der Waals surface area contributed by atoms with Gasteiger partial charge in [0.1, 0.15) is 5.82 Å². The molecule has 0 aromatic carbocycles. The molecular weight excluding hydrogens is 279 g/mol. The van der Waals surface area contributed by atoms with Crippen LogP contribution in [0.4, 0.5) is 5.82 Å². The Labute approximate surface area is 126 Å². The van der Waals surface area contributed by atoms with Crippen molar-refractivity contribution in [1.29, 1.82) is 0 Å². The number of aromatic nitrogens is 1. The molecule has 1 fully saturated rings. The smallest absolute Gasteiger partial charge is 0.128 e. The predicted molar refractivity (Wildman–Crippen MR) is 83.2 cm³/mol. The fraction of sp³-hybridized carbons (Fsp3) is 0.667. The van der Waals surface area contributed by atoms with Crippen LogP contribution in [0.2, 0.25) is 5.02 Å². The van der Waals surface area contributed by atoms with E-state index >= 15 is 0 Å². The topological polar surface area (TPSA) is 16.1 Å². The lowest BCUT2D eigenvalue weighted by atomic mass is 9.84. The molecule has 2 rings (SSSR count). The van der Waals surface area contributed by atoms with E-state index in [1.807, 2.05) is 12.1 Å². The fourth-order valence-electron chi connectivity index (χ4n) is 2.89. The third kappa shape index (κ3) is 3.55. The lowest BCUT2D eigenvalue weighted by Gasteiger charge is -2.35. The summed E-state index contributed by atoms with van der Waals surface area (Å²) in [5, 5.41) is 0.654. The van der Waals surface area contributed by atoms with Crippen LogP contribution in [-0.2, 0) is 5.88 Å². The molecular formula is C15H22Cl2N2. The molecule has 106 valence electrons. The van der Waals surface area contributed by atoms with Crippen LogP contribution in [0, 0.1) is 5.92 Å². The third-order valence-corrected chi connectivity index (χ3v) is 4.93. The van der Waals surface area contributed by atoms with Gasteiger partial charge in [-0.2, -0.15) is 0 Å². The molecule has 0 aliphatic heterocycles. The lowest BCUT2D eigenvalue weighted by Crippen LogP contribution is -2.35. The molecule has 1 aliphatic carbocycles. The van der Waals surface area contributed by atoms with E-state index in [9.17, 15) is 0 Å². The quantitative estimate of drug-likeness (QED) is 0.737. The first kappa shape index (κ1) is 14.9. The van der Waals surface area contributed by atoms with E-state index < -0.39 is 0 Å². The maximum absolute atomic E-state index is 6.06. The normalized spacial score (nSPS) is 23.4. The molecule has 1 aromatic rings. The first-order valence-electron chi connectivity index (χ1n) is 7.10. The number of halogens is 2. The van der Waals surface area contributed by atoms with Gasteiger partial charge < -0.3 is 4.90 Å². The highest BCUT2D eigenvalue weighted by atomic mass is 35.5. The van der Waals surface area contributed by atoms with Gasteiger partial charge in [-0.3, -0.25) is 0 Å². The maximum Gasteiger partial charge on any atom is 0.128 e. The van der Waals surface area contributed by atoms with E-state index in [1.165, 1.54) is 32.1 Å². The number of rotatable bonds is 4. The highest BCUT2D eigenvalue weighted by molar-refractivity contribution is 6.32. The van der Waals surface area contributed by atoms with Gasteiger partial charge in [0.05, 0.1) is 16.6 Å². The van der Waals surface area contributed by atoms with Crippen molar-refractivity contribution in [3.63, 3.8) is 0 Å². The van der Waals surface area contributed by atoms with E-state index in [1.54, 1.807) is 0 Å². The van der Waals surface area contributed by atoms with Gasteiger partial charge in [0.15, 0.2) is 0 Å². The Bertz CT molecular complexity index is 415. The van der Waals surface area contributed by atoms with Crippen LogP contribution in [0.1, 0.15) is 44.7 Å². The van der Waals surface area contributed by atoms with Crippen molar-refractivity contribution < 1.29 is 0 Å². The molecule has 0 spiro atoms. The van der Waals surface area contributed by atoms with Crippen LogP contribution in [0.25, 0.3) is 0 Å². The fourth-order valence-corrected chi connectivity index (χ4v) is 3.33. The highest BCUT2D eigenvalue weighted by Gasteiger charge is 2.24. The Balaban J connectivity index is 2.05. The van der Waals surface area contributed by atoms with Gasteiger partial charge in [0.2, 0.25) is 0 Å². The third-order valence-electron chi connectivity index (χ3n) is 4.33. The number of hydrogen-bond acceptors (Lipinski definition) is 2. The van der Waals surface area contributed by atoms with Crippen molar-refractivity contribution in [2.75, 3.05) is 11.9 Å². The van der Waals surface area contributed by atoms with Gasteiger partial charge in [-0.15, -0.1) is 11.6 Å². The summed E-state index contributed by atoms with van der Waals surface area (Å²) in [7, 11) is 2.13. The number of hydrogen-bond donors (Lipinski definition) is 0. The molecule has 0 atom stereocenters. The molecule has 1 aromatic heterocycles. The van der Waals surface area contributed by atoms with Gasteiger partial charge in [0, 0.05) is 13.1 Å². The summed E-state index contributed by atoms with van der Waals surface area (Å²) in [6, 6.07) is 4.49. The zero-order valence-electron chi connectivity index (χ0n) is 11.7. The van der Waals surface area contributed by atoms with Crippen molar-refractivity contribution >= 4 is 29.0 Å². The number of anilines is 1. The van der Waals surface area contributed by atoms with Crippen LogP contribution in [-0.4, -0.2) is 18.1 Å². The van der Waals surface area contributed by atoms with Crippen molar-refractivity contribution in [3.05, 3.63) is 22.8 Å². The van der Waals surface area contributed by atoms with E-state index in [4.69, 9.17) is 23.2 Å². The average molecular weight is 301 g/mol. The minimum absolute atomic E-state index is 0.364. The molecule has 0 saturated heterocycles. The summed E-state index contributed by atoms with van der Waals surface area (Å²) >= 11 is 11.9. The molecule has 1 saturated carbocycles. The molecule has 1 heterocycles. The standard InChI is InChI=1S/C15H22Cl2N2/c1-3-11-4-6-12(7-5-11)19(2)15-9-8-13(17)14(10-16)18-15/h8-9,11-12H,3-7,10H2,1-2H3. The van der Waals surface area contributed by atoms with Crippen molar-refractivity contribution in [2.24, 2.45) is 5.92 Å². The average Bonchev–Trinajstić information content (AvgIpc) is 2.47. The summed E-state index contributed by atoms with van der Waals surface area (Å²) < 4.78 is 0. The van der Waals surface area contributed by atoms with E-state index in [0.29, 0.717) is 16.9 Å². The maximum atomic E-state index is 6.06. The summed E-state index contributed by atoms with van der Waals surface area (Å²) in [6.45, 7) is 2.29. The molecule has 19 heavy (non-hydrogen) atoms. The Morgan fingerprint density at radius 1 is 1.26 bits per heavy atom. The largest absolute Gasteiger partial charge is 0.357 e. The Morgan fingerprint density at radius 2 is 1.95 bits per heavy atom. The first-order valence-corrected chi connectivity index (χ1v) is 8.01. The van der Waals surface area contributed by atoms with Crippen LogP contribution < -0.4 is 4.90 Å². The van der Waals surface area contributed by atoms with Crippen LogP contribution in [0.15, 0.2) is 12.1 Å². The van der Waals surface area contributed by atoms with Crippen molar-refractivity contribution in [1.82, 2.24) is 4.98 Å². The molecule has 4 heteroatoms. The molecule has 0 N–H and O–H groups in total. The zero-order valence-corrected chi connectivity index (χ0v) is 13.2. The molecule has 0 bridgehead atoms. The predicted octanol–water partition coefficient (Wildman–Crippen LogP) is 4.88. The minimum Gasteiger partial charge on any atom is -0.357 e. The van der Waals surface area contributed by atoms with Crippen molar-refractivity contribution in [2.45, 2.75) is 50.9 Å². The monoisotopic (exact) mass is 300 g/mol. The summed E-state index contributed by atoms with van der Waals surface area (Å²) in [6.07, 6.45) is 6.50. The lowest BCUT2D eigenvalue weighted by molar-refractivity contribution is 0.313. The Kier molecular flexibility index (Phi) is 5.35. The van der Waals surface area contributed by atoms with Crippen LogP contribution >= 0.6 is 23.2 Å².